The number of carbonyl (C=O) groups excluding carboxylic acids is 1. The summed E-state index contributed by atoms with van der Waals surface area (Å²) in [6.45, 7) is 3.78. The van der Waals surface area contributed by atoms with E-state index in [0.29, 0.717) is 5.57 Å². The van der Waals surface area contributed by atoms with Crippen molar-refractivity contribution in [3.63, 3.8) is 0 Å². The molecule has 0 aromatic heterocycles. The van der Waals surface area contributed by atoms with Crippen molar-refractivity contribution in [1.82, 2.24) is 0 Å². The first-order chi connectivity index (χ1) is 9.56. The summed E-state index contributed by atoms with van der Waals surface area (Å²) in [5.41, 5.74) is 3.56. The van der Waals surface area contributed by atoms with Gasteiger partial charge < -0.3 is 5.32 Å². The third-order valence-electron chi connectivity index (χ3n) is 2.98. The second-order valence-corrected chi connectivity index (χ2v) is 5.57. The molecule has 0 aliphatic carbocycles. The molecule has 0 radical (unpaired) electrons. The maximum absolute atomic E-state index is 12.2. The van der Waals surface area contributed by atoms with Crippen LogP contribution in [0.3, 0.4) is 0 Å². The van der Waals surface area contributed by atoms with E-state index in [1.807, 2.05) is 68.5 Å². The van der Waals surface area contributed by atoms with Gasteiger partial charge in [0.1, 0.15) is 0 Å². The minimum absolute atomic E-state index is 0.0840. The van der Waals surface area contributed by atoms with E-state index in [1.165, 1.54) is 0 Å². The average molecular weight is 330 g/mol. The number of benzene rings is 2. The van der Waals surface area contributed by atoms with Gasteiger partial charge in [-0.2, -0.15) is 0 Å². The van der Waals surface area contributed by atoms with Crippen molar-refractivity contribution < 1.29 is 4.79 Å². The number of hydrogen-bond donors (Lipinski definition) is 1. The number of carbonyl (C=O) groups is 1. The Labute approximate surface area is 127 Å². The van der Waals surface area contributed by atoms with Crippen LogP contribution in [-0.2, 0) is 4.79 Å². The lowest BCUT2D eigenvalue weighted by Gasteiger charge is -2.09. The smallest absolute Gasteiger partial charge is 0.251 e. The van der Waals surface area contributed by atoms with Crippen LogP contribution in [0.1, 0.15) is 18.1 Å². The summed E-state index contributed by atoms with van der Waals surface area (Å²) >= 11 is 3.41. The molecule has 0 atom stereocenters. The minimum Gasteiger partial charge on any atom is -0.322 e. The normalized spacial score (nSPS) is 11.2. The highest BCUT2D eigenvalue weighted by Crippen LogP contribution is 2.20. The van der Waals surface area contributed by atoms with Crippen LogP contribution in [0.2, 0.25) is 0 Å². The standard InChI is InChI=1S/C17H16BrNO/c1-12-11-15(18)8-9-16(12)19-17(20)13(2)10-14-6-4-3-5-7-14/h3-11H,1-2H3,(H,19,20)/b13-10+. The van der Waals surface area contributed by atoms with Gasteiger partial charge in [0.05, 0.1) is 0 Å². The largest absolute Gasteiger partial charge is 0.322 e. The molecule has 0 saturated heterocycles. The number of rotatable bonds is 3. The molecule has 0 unspecified atom stereocenters. The molecule has 2 rings (SSSR count). The fourth-order valence-electron chi connectivity index (χ4n) is 1.85. The van der Waals surface area contributed by atoms with Crippen molar-refractivity contribution in [2.75, 3.05) is 5.32 Å². The van der Waals surface area contributed by atoms with Crippen molar-refractivity contribution in [2.45, 2.75) is 13.8 Å². The summed E-state index contributed by atoms with van der Waals surface area (Å²) in [7, 11) is 0. The number of amides is 1. The lowest BCUT2D eigenvalue weighted by molar-refractivity contribution is -0.112. The Balaban J connectivity index is 2.14. The molecule has 2 nitrogen and oxygen atoms in total. The van der Waals surface area contributed by atoms with E-state index in [1.54, 1.807) is 0 Å². The molecule has 2 aromatic carbocycles. The van der Waals surface area contributed by atoms with Crippen LogP contribution in [0.5, 0.6) is 0 Å². The van der Waals surface area contributed by atoms with Crippen molar-refractivity contribution in [3.8, 4) is 0 Å². The number of aryl methyl sites for hydroxylation is 1. The molecule has 0 heterocycles. The Morgan fingerprint density at radius 1 is 1.15 bits per heavy atom. The Morgan fingerprint density at radius 2 is 1.85 bits per heavy atom. The van der Waals surface area contributed by atoms with E-state index in [0.717, 1.165) is 21.3 Å². The quantitative estimate of drug-likeness (QED) is 0.805. The first kappa shape index (κ1) is 14.5. The fraction of sp³-hybridized carbons (Fsp3) is 0.118. The molecule has 0 saturated carbocycles. The van der Waals surface area contributed by atoms with Gasteiger partial charge in [-0.3, -0.25) is 4.79 Å². The molecule has 1 amide bonds. The van der Waals surface area contributed by atoms with Crippen molar-refractivity contribution >= 4 is 33.6 Å². The van der Waals surface area contributed by atoms with Crippen LogP contribution < -0.4 is 5.32 Å². The summed E-state index contributed by atoms with van der Waals surface area (Å²) in [5, 5.41) is 2.93. The first-order valence-corrected chi connectivity index (χ1v) is 7.16. The molecule has 0 aliphatic heterocycles. The highest BCUT2D eigenvalue weighted by Gasteiger charge is 2.07. The predicted octanol–water partition coefficient (Wildman–Crippen LogP) is 4.80. The van der Waals surface area contributed by atoms with E-state index in [2.05, 4.69) is 21.2 Å². The second-order valence-electron chi connectivity index (χ2n) is 4.65. The topological polar surface area (TPSA) is 29.1 Å². The van der Waals surface area contributed by atoms with Gasteiger partial charge in [-0.25, -0.2) is 0 Å². The molecule has 1 N–H and O–H groups in total. The number of hydrogen-bond acceptors (Lipinski definition) is 1. The molecule has 0 aliphatic rings. The monoisotopic (exact) mass is 329 g/mol. The second kappa shape index (κ2) is 6.53. The highest BCUT2D eigenvalue weighted by atomic mass is 79.9. The summed E-state index contributed by atoms with van der Waals surface area (Å²) in [4.78, 5) is 12.2. The van der Waals surface area contributed by atoms with Crippen LogP contribution in [-0.4, -0.2) is 5.91 Å². The summed E-state index contributed by atoms with van der Waals surface area (Å²) in [6, 6.07) is 15.6. The van der Waals surface area contributed by atoms with Gasteiger partial charge >= 0.3 is 0 Å². The van der Waals surface area contributed by atoms with Gasteiger partial charge in [-0.15, -0.1) is 0 Å². The molecular formula is C17H16BrNO. The SMILES string of the molecule is C/C(=C\c1ccccc1)C(=O)Nc1ccc(Br)cc1C. The lowest BCUT2D eigenvalue weighted by Crippen LogP contribution is -2.13. The van der Waals surface area contributed by atoms with Gasteiger partial charge in [0.2, 0.25) is 0 Å². The van der Waals surface area contributed by atoms with Gasteiger partial charge in [0.25, 0.3) is 5.91 Å². The Morgan fingerprint density at radius 3 is 2.50 bits per heavy atom. The Bertz CT molecular complexity index is 647. The Hall–Kier alpha value is -1.87. The van der Waals surface area contributed by atoms with Gasteiger partial charge in [-0.1, -0.05) is 46.3 Å². The van der Waals surface area contributed by atoms with Crippen LogP contribution in [0, 0.1) is 6.92 Å². The molecule has 102 valence electrons. The van der Waals surface area contributed by atoms with E-state index in [9.17, 15) is 4.79 Å². The van der Waals surface area contributed by atoms with Crippen molar-refractivity contribution in [1.29, 1.82) is 0 Å². The summed E-state index contributed by atoms with van der Waals surface area (Å²) in [6.07, 6.45) is 1.88. The molecule has 0 fully saturated rings. The molecule has 0 spiro atoms. The molecule has 3 heteroatoms. The highest BCUT2D eigenvalue weighted by molar-refractivity contribution is 9.10. The zero-order valence-electron chi connectivity index (χ0n) is 11.5. The predicted molar refractivity (Wildman–Crippen MR) is 87.6 cm³/mol. The molecule has 20 heavy (non-hydrogen) atoms. The van der Waals surface area contributed by atoms with Crippen LogP contribution in [0.25, 0.3) is 6.08 Å². The zero-order chi connectivity index (χ0) is 14.5. The average Bonchev–Trinajstić information content (AvgIpc) is 2.43. The minimum atomic E-state index is -0.0840. The van der Waals surface area contributed by atoms with E-state index >= 15 is 0 Å². The third kappa shape index (κ3) is 3.81. The third-order valence-corrected chi connectivity index (χ3v) is 3.47. The Kier molecular flexibility index (Phi) is 4.74. The van der Waals surface area contributed by atoms with E-state index in [-0.39, 0.29) is 5.91 Å². The fourth-order valence-corrected chi connectivity index (χ4v) is 2.33. The van der Waals surface area contributed by atoms with Crippen LogP contribution in [0.15, 0.2) is 58.6 Å². The van der Waals surface area contributed by atoms with E-state index < -0.39 is 0 Å². The maximum atomic E-state index is 12.2. The molecule has 0 bridgehead atoms. The van der Waals surface area contributed by atoms with Gasteiger partial charge in [0, 0.05) is 15.7 Å². The van der Waals surface area contributed by atoms with E-state index in [4.69, 9.17) is 0 Å². The summed E-state index contributed by atoms with van der Waals surface area (Å²) in [5.74, 6) is -0.0840. The summed E-state index contributed by atoms with van der Waals surface area (Å²) < 4.78 is 1.00. The molecule has 2 aromatic rings. The van der Waals surface area contributed by atoms with Crippen molar-refractivity contribution in [2.24, 2.45) is 0 Å². The van der Waals surface area contributed by atoms with Crippen molar-refractivity contribution in [3.05, 3.63) is 69.7 Å². The maximum Gasteiger partial charge on any atom is 0.251 e. The zero-order valence-corrected chi connectivity index (χ0v) is 13.1. The van der Waals surface area contributed by atoms with Crippen LogP contribution in [0.4, 0.5) is 5.69 Å². The van der Waals surface area contributed by atoms with Crippen LogP contribution >= 0.6 is 15.9 Å². The number of anilines is 1. The molecular weight excluding hydrogens is 314 g/mol. The number of halogens is 1. The van der Waals surface area contributed by atoms with Gasteiger partial charge in [0.15, 0.2) is 0 Å². The first-order valence-electron chi connectivity index (χ1n) is 6.37. The lowest BCUT2D eigenvalue weighted by atomic mass is 10.1. The number of nitrogens with one attached hydrogen (secondary N) is 1. The van der Waals surface area contributed by atoms with Gasteiger partial charge in [-0.05, 0) is 49.2 Å².